The van der Waals surface area contributed by atoms with Crippen LogP contribution in [0.25, 0.3) is 0 Å². The van der Waals surface area contributed by atoms with Gasteiger partial charge in [0.25, 0.3) is 0 Å². The van der Waals surface area contributed by atoms with Crippen LogP contribution in [-0.4, -0.2) is 26.5 Å². The normalized spacial score (nSPS) is 16.7. The summed E-state index contributed by atoms with van der Waals surface area (Å²) in [6.45, 7) is 2.09. The largest absolute Gasteiger partial charge is 0.331 e. The van der Waals surface area contributed by atoms with Crippen molar-refractivity contribution in [1.29, 1.82) is 0 Å². The minimum absolute atomic E-state index is 0.0235. The summed E-state index contributed by atoms with van der Waals surface area (Å²) < 4.78 is 1.90. The number of hydrogen-bond donors (Lipinski definition) is 2. The molecule has 1 aliphatic rings. The van der Waals surface area contributed by atoms with Gasteiger partial charge in [0.2, 0.25) is 0 Å². The minimum atomic E-state index is -0.204. The number of carbonyl (C=O) groups excluding carboxylic acids is 1. The van der Waals surface area contributed by atoms with E-state index in [0.717, 1.165) is 35.6 Å². The second-order valence-electron chi connectivity index (χ2n) is 5.53. The summed E-state index contributed by atoms with van der Waals surface area (Å²) in [7, 11) is 1.95. The van der Waals surface area contributed by atoms with Crippen molar-refractivity contribution in [3.8, 4) is 0 Å². The van der Waals surface area contributed by atoms with Crippen LogP contribution < -0.4 is 10.6 Å². The fraction of sp³-hybridized carbons (Fsp3) is 0.438. The molecule has 3 rings (SSSR count). The summed E-state index contributed by atoms with van der Waals surface area (Å²) in [6.07, 6.45) is 6.57. The van der Waals surface area contributed by atoms with Gasteiger partial charge in [-0.15, -0.1) is 11.8 Å². The number of nitrogens with one attached hydrogen (secondary N) is 2. The smallest absolute Gasteiger partial charge is 0.319 e. The van der Waals surface area contributed by atoms with E-state index in [-0.39, 0.29) is 12.1 Å². The van der Waals surface area contributed by atoms with Gasteiger partial charge in [-0.05, 0) is 37.1 Å². The zero-order valence-corrected chi connectivity index (χ0v) is 14.2. The highest BCUT2D eigenvalue weighted by Crippen LogP contribution is 2.29. The minimum Gasteiger partial charge on any atom is -0.331 e. The topological polar surface area (TPSA) is 71.8 Å². The molecule has 2 aromatic rings. The van der Waals surface area contributed by atoms with E-state index in [1.165, 1.54) is 5.69 Å². The highest BCUT2D eigenvalue weighted by molar-refractivity contribution is 7.99. The second-order valence-corrected chi connectivity index (χ2v) is 6.82. The van der Waals surface area contributed by atoms with Gasteiger partial charge in [0.15, 0.2) is 0 Å². The number of amides is 2. The van der Waals surface area contributed by atoms with E-state index in [0.29, 0.717) is 5.69 Å². The van der Waals surface area contributed by atoms with Crippen LogP contribution in [0.5, 0.6) is 0 Å². The Hall–Kier alpha value is -2.02. The Balaban J connectivity index is 1.61. The summed E-state index contributed by atoms with van der Waals surface area (Å²) >= 11 is 1.68. The lowest BCUT2D eigenvalue weighted by molar-refractivity contribution is 0.247. The van der Waals surface area contributed by atoms with Gasteiger partial charge in [-0.1, -0.05) is 6.92 Å². The Bertz CT molecular complexity index is 682. The molecule has 0 aliphatic heterocycles. The zero-order chi connectivity index (χ0) is 16.2. The third-order valence-corrected chi connectivity index (χ3v) is 4.79. The van der Waals surface area contributed by atoms with Gasteiger partial charge in [0.1, 0.15) is 0 Å². The Morgan fingerprint density at radius 2 is 2.30 bits per heavy atom. The van der Waals surface area contributed by atoms with Gasteiger partial charge in [0.05, 0.1) is 29.1 Å². The second kappa shape index (κ2) is 7.04. The van der Waals surface area contributed by atoms with Crippen molar-refractivity contribution in [1.82, 2.24) is 20.1 Å². The molecule has 122 valence electrons. The fourth-order valence-electron chi connectivity index (χ4n) is 2.87. The molecule has 1 atom stereocenters. The standard InChI is InChI=1S/C16H21N5OS/c1-3-23-15-8-7-11(9-17-15)19-16(22)20-13-5-4-6-14-12(13)10-18-21(14)2/h7-10,13H,3-6H2,1-2H3,(H2,19,20,22)/t13-/m1/s1. The molecule has 2 heterocycles. The Morgan fingerprint density at radius 1 is 1.43 bits per heavy atom. The highest BCUT2D eigenvalue weighted by atomic mass is 32.2. The first kappa shape index (κ1) is 15.9. The number of urea groups is 1. The number of aromatic nitrogens is 3. The zero-order valence-electron chi connectivity index (χ0n) is 13.4. The maximum Gasteiger partial charge on any atom is 0.319 e. The molecule has 2 aromatic heterocycles. The van der Waals surface area contributed by atoms with Crippen molar-refractivity contribution >= 4 is 23.5 Å². The van der Waals surface area contributed by atoms with Gasteiger partial charge >= 0.3 is 6.03 Å². The molecule has 0 bridgehead atoms. The van der Waals surface area contributed by atoms with Gasteiger partial charge in [-0.25, -0.2) is 9.78 Å². The van der Waals surface area contributed by atoms with E-state index in [1.54, 1.807) is 18.0 Å². The number of thioether (sulfide) groups is 1. The molecule has 0 spiro atoms. The van der Waals surface area contributed by atoms with Crippen molar-refractivity contribution in [2.45, 2.75) is 37.3 Å². The van der Waals surface area contributed by atoms with Gasteiger partial charge in [0, 0.05) is 18.3 Å². The molecule has 6 nitrogen and oxygen atoms in total. The van der Waals surface area contributed by atoms with Crippen molar-refractivity contribution in [2.75, 3.05) is 11.1 Å². The number of fused-ring (bicyclic) bond motifs is 1. The molecule has 0 saturated heterocycles. The molecular formula is C16H21N5OS. The quantitative estimate of drug-likeness (QED) is 0.844. The van der Waals surface area contributed by atoms with Crippen molar-refractivity contribution in [2.24, 2.45) is 7.05 Å². The average molecular weight is 331 g/mol. The van der Waals surface area contributed by atoms with E-state index >= 15 is 0 Å². The third kappa shape index (κ3) is 3.67. The lowest BCUT2D eigenvalue weighted by Gasteiger charge is -2.23. The lowest BCUT2D eigenvalue weighted by atomic mass is 9.93. The van der Waals surface area contributed by atoms with E-state index in [9.17, 15) is 4.79 Å². The molecular weight excluding hydrogens is 310 g/mol. The molecule has 0 fully saturated rings. The van der Waals surface area contributed by atoms with Crippen molar-refractivity contribution in [3.05, 3.63) is 35.8 Å². The predicted octanol–water partition coefficient (Wildman–Crippen LogP) is 3.13. The number of carbonyl (C=O) groups is 1. The number of pyridine rings is 1. The molecule has 0 unspecified atom stereocenters. The maximum absolute atomic E-state index is 12.2. The van der Waals surface area contributed by atoms with Crippen molar-refractivity contribution < 1.29 is 4.79 Å². The first-order valence-electron chi connectivity index (χ1n) is 7.84. The third-order valence-electron chi connectivity index (χ3n) is 3.97. The van der Waals surface area contributed by atoms with Crippen LogP contribution in [0.2, 0.25) is 0 Å². The van der Waals surface area contributed by atoms with Crippen molar-refractivity contribution in [3.63, 3.8) is 0 Å². The van der Waals surface area contributed by atoms with Crippen LogP contribution in [0, 0.1) is 0 Å². The van der Waals surface area contributed by atoms with Crippen LogP contribution in [-0.2, 0) is 13.5 Å². The summed E-state index contributed by atoms with van der Waals surface area (Å²) in [5, 5.41) is 11.2. The molecule has 2 amide bonds. The molecule has 1 aliphatic carbocycles. The fourth-order valence-corrected chi connectivity index (χ4v) is 3.46. The van der Waals surface area contributed by atoms with Crippen LogP contribution in [0.1, 0.15) is 37.1 Å². The molecule has 2 N–H and O–H groups in total. The predicted molar refractivity (Wildman–Crippen MR) is 91.7 cm³/mol. The van der Waals surface area contributed by atoms with Gasteiger partial charge in [-0.2, -0.15) is 5.10 Å². The number of rotatable bonds is 4. The molecule has 0 aromatic carbocycles. The lowest BCUT2D eigenvalue weighted by Crippen LogP contribution is -2.34. The number of hydrogen-bond acceptors (Lipinski definition) is 4. The van der Waals surface area contributed by atoms with E-state index in [4.69, 9.17) is 0 Å². The van der Waals surface area contributed by atoms with Gasteiger partial charge in [-0.3, -0.25) is 4.68 Å². The van der Waals surface area contributed by atoms with Gasteiger partial charge < -0.3 is 10.6 Å². The summed E-state index contributed by atoms with van der Waals surface area (Å²) in [5.41, 5.74) is 3.04. The Morgan fingerprint density at radius 3 is 3.04 bits per heavy atom. The SMILES string of the molecule is CCSc1ccc(NC(=O)N[C@@H]2CCCc3c2cnn3C)cn1. The summed E-state index contributed by atoms with van der Waals surface area (Å²) in [4.78, 5) is 16.5. The number of nitrogens with zero attached hydrogens (tertiary/aromatic N) is 3. The maximum atomic E-state index is 12.2. The molecule has 7 heteroatoms. The molecule has 0 saturated carbocycles. The van der Waals surface area contributed by atoms with Crippen LogP contribution in [0.3, 0.4) is 0 Å². The van der Waals surface area contributed by atoms with Crippen LogP contribution in [0.4, 0.5) is 10.5 Å². The Labute approximate surface area is 140 Å². The number of anilines is 1. The van der Waals surface area contributed by atoms with Crippen LogP contribution >= 0.6 is 11.8 Å². The molecule has 0 radical (unpaired) electrons. The van der Waals surface area contributed by atoms with Crippen LogP contribution in [0.15, 0.2) is 29.6 Å². The average Bonchev–Trinajstić information content (AvgIpc) is 2.92. The first-order chi connectivity index (χ1) is 11.2. The van der Waals surface area contributed by atoms with E-state index < -0.39 is 0 Å². The van der Waals surface area contributed by atoms with E-state index in [2.05, 4.69) is 27.6 Å². The summed E-state index contributed by atoms with van der Waals surface area (Å²) in [6, 6.07) is 3.62. The number of aryl methyl sites for hydroxylation is 1. The van der Waals surface area contributed by atoms with E-state index in [1.807, 2.05) is 30.1 Å². The molecule has 23 heavy (non-hydrogen) atoms. The first-order valence-corrected chi connectivity index (χ1v) is 8.83. The Kier molecular flexibility index (Phi) is 4.85. The monoisotopic (exact) mass is 331 g/mol. The summed E-state index contributed by atoms with van der Waals surface area (Å²) in [5.74, 6) is 0.982. The highest BCUT2D eigenvalue weighted by Gasteiger charge is 2.24.